The molecule has 0 radical (unpaired) electrons. The third-order valence-corrected chi connectivity index (χ3v) is 2.96. The van der Waals surface area contributed by atoms with Gasteiger partial charge in [0.05, 0.1) is 6.04 Å². The molecule has 1 atom stereocenters. The van der Waals surface area contributed by atoms with Crippen LogP contribution in [-0.4, -0.2) is 35.7 Å². The van der Waals surface area contributed by atoms with Gasteiger partial charge in [0.25, 0.3) is 5.89 Å². The summed E-state index contributed by atoms with van der Waals surface area (Å²) in [5, 5.41) is 3.92. The minimum Gasteiger partial charge on any atom is -0.334 e. The topological polar surface area (TPSA) is 68.2 Å². The number of likely N-dealkylation sites (N-methyl/N-ethyl adjacent to an activating group) is 1. The van der Waals surface area contributed by atoms with E-state index in [1.807, 2.05) is 43.3 Å². The maximum absolute atomic E-state index is 5.98. The second kappa shape index (κ2) is 5.60. The molecule has 18 heavy (non-hydrogen) atoms. The lowest BCUT2D eigenvalue weighted by atomic mass is 10.2. The van der Waals surface area contributed by atoms with E-state index in [4.69, 9.17) is 10.3 Å². The zero-order chi connectivity index (χ0) is 13.1. The predicted octanol–water partition coefficient (Wildman–Crippen LogP) is 2.06. The van der Waals surface area contributed by atoms with E-state index in [9.17, 15) is 0 Å². The Morgan fingerprint density at radius 2 is 2.00 bits per heavy atom. The van der Waals surface area contributed by atoms with E-state index in [1.165, 1.54) is 0 Å². The van der Waals surface area contributed by atoms with Crippen molar-refractivity contribution >= 4 is 15.9 Å². The second-order valence-electron chi connectivity index (χ2n) is 4.33. The van der Waals surface area contributed by atoms with Crippen LogP contribution in [0.2, 0.25) is 0 Å². The molecule has 1 aromatic heterocycles. The molecule has 0 saturated carbocycles. The van der Waals surface area contributed by atoms with Gasteiger partial charge in [0, 0.05) is 16.6 Å². The van der Waals surface area contributed by atoms with E-state index in [2.05, 4.69) is 26.1 Å². The summed E-state index contributed by atoms with van der Waals surface area (Å²) in [6.45, 7) is 0.680. The maximum Gasteiger partial charge on any atom is 0.257 e. The summed E-state index contributed by atoms with van der Waals surface area (Å²) in [7, 11) is 3.91. The van der Waals surface area contributed by atoms with Gasteiger partial charge in [-0.05, 0) is 38.4 Å². The Bertz CT molecular complexity index is 509. The van der Waals surface area contributed by atoms with Gasteiger partial charge >= 0.3 is 0 Å². The van der Waals surface area contributed by atoms with Gasteiger partial charge in [-0.1, -0.05) is 21.1 Å². The van der Waals surface area contributed by atoms with Gasteiger partial charge in [-0.25, -0.2) is 0 Å². The van der Waals surface area contributed by atoms with Crippen molar-refractivity contribution in [3.8, 4) is 11.5 Å². The molecule has 0 fully saturated rings. The zero-order valence-corrected chi connectivity index (χ0v) is 11.9. The Hall–Kier alpha value is -1.24. The summed E-state index contributed by atoms with van der Waals surface area (Å²) in [6, 6.07) is 7.45. The average molecular weight is 311 g/mol. The monoisotopic (exact) mass is 310 g/mol. The number of rotatable bonds is 4. The van der Waals surface area contributed by atoms with E-state index >= 15 is 0 Å². The highest BCUT2D eigenvalue weighted by atomic mass is 79.9. The lowest BCUT2D eigenvalue weighted by molar-refractivity contribution is 0.357. The van der Waals surface area contributed by atoms with E-state index < -0.39 is 0 Å². The normalized spacial score (nSPS) is 12.9. The molecule has 1 unspecified atom stereocenters. The van der Waals surface area contributed by atoms with Crippen molar-refractivity contribution in [1.29, 1.82) is 0 Å². The molecule has 0 saturated heterocycles. The summed E-state index contributed by atoms with van der Waals surface area (Å²) in [4.78, 5) is 6.30. The molecule has 0 spiro atoms. The minimum atomic E-state index is -0.243. The highest BCUT2D eigenvalue weighted by Gasteiger charge is 2.15. The van der Waals surface area contributed by atoms with Gasteiger partial charge in [0.2, 0.25) is 0 Å². The van der Waals surface area contributed by atoms with Crippen LogP contribution >= 0.6 is 15.9 Å². The molecule has 1 heterocycles. The molecule has 1 aromatic carbocycles. The number of nitrogens with two attached hydrogens (primary N) is 1. The van der Waals surface area contributed by atoms with Crippen LogP contribution in [0.25, 0.3) is 11.5 Å². The Morgan fingerprint density at radius 3 is 2.61 bits per heavy atom. The quantitative estimate of drug-likeness (QED) is 0.936. The molecule has 2 rings (SSSR count). The largest absolute Gasteiger partial charge is 0.334 e. The van der Waals surface area contributed by atoms with Crippen molar-refractivity contribution in [1.82, 2.24) is 15.0 Å². The van der Waals surface area contributed by atoms with Crippen LogP contribution in [0.5, 0.6) is 0 Å². The number of aromatic nitrogens is 2. The molecular weight excluding hydrogens is 296 g/mol. The fourth-order valence-electron chi connectivity index (χ4n) is 1.57. The van der Waals surface area contributed by atoms with Crippen LogP contribution in [-0.2, 0) is 0 Å². The van der Waals surface area contributed by atoms with Crippen molar-refractivity contribution in [2.75, 3.05) is 20.6 Å². The molecule has 5 nitrogen and oxygen atoms in total. The van der Waals surface area contributed by atoms with E-state index in [1.54, 1.807) is 0 Å². The highest BCUT2D eigenvalue weighted by molar-refractivity contribution is 9.10. The molecular formula is C12H15BrN4O. The standard InChI is InChI=1S/C12H15BrN4O/c1-17(2)7-10(14)11-15-12(18-16-11)8-3-5-9(13)6-4-8/h3-6,10H,7,14H2,1-2H3. The summed E-state index contributed by atoms with van der Waals surface area (Å²) in [5.74, 6) is 1.02. The molecule has 96 valence electrons. The van der Waals surface area contributed by atoms with E-state index in [0.29, 0.717) is 18.3 Å². The smallest absolute Gasteiger partial charge is 0.257 e. The fourth-order valence-corrected chi connectivity index (χ4v) is 1.83. The number of hydrogen-bond acceptors (Lipinski definition) is 5. The van der Waals surface area contributed by atoms with Crippen LogP contribution in [0.1, 0.15) is 11.9 Å². The van der Waals surface area contributed by atoms with Gasteiger partial charge in [-0.15, -0.1) is 0 Å². The van der Waals surface area contributed by atoms with Gasteiger partial charge in [-0.2, -0.15) is 4.98 Å². The zero-order valence-electron chi connectivity index (χ0n) is 10.3. The Labute approximate surface area is 114 Å². The van der Waals surface area contributed by atoms with E-state index in [0.717, 1.165) is 10.0 Å². The SMILES string of the molecule is CN(C)CC(N)c1noc(-c2ccc(Br)cc2)n1. The highest BCUT2D eigenvalue weighted by Crippen LogP contribution is 2.21. The number of benzene rings is 1. The number of hydrogen-bond donors (Lipinski definition) is 1. The fraction of sp³-hybridized carbons (Fsp3) is 0.333. The van der Waals surface area contributed by atoms with Crippen LogP contribution in [0.15, 0.2) is 33.3 Å². The Kier molecular flexibility index (Phi) is 4.11. The summed E-state index contributed by atoms with van der Waals surface area (Å²) < 4.78 is 6.23. The first-order chi connectivity index (χ1) is 8.56. The van der Waals surface area contributed by atoms with E-state index in [-0.39, 0.29) is 6.04 Å². The predicted molar refractivity (Wildman–Crippen MR) is 72.9 cm³/mol. The molecule has 6 heteroatoms. The molecule has 2 N–H and O–H groups in total. The van der Waals surface area contributed by atoms with Gasteiger partial charge in [0.1, 0.15) is 0 Å². The lowest BCUT2D eigenvalue weighted by Crippen LogP contribution is -2.26. The van der Waals surface area contributed by atoms with Crippen LogP contribution in [0, 0.1) is 0 Å². The first-order valence-electron chi connectivity index (χ1n) is 5.56. The van der Waals surface area contributed by atoms with Gasteiger partial charge < -0.3 is 15.2 Å². The Balaban J connectivity index is 2.17. The van der Waals surface area contributed by atoms with Gasteiger partial charge in [-0.3, -0.25) is 0 Å². The van der Waals surface area contributed by atoms with Crippen molar-refractivity contribution < 1.29 is 4.52 Å². The average Bonchev–Trinajstić information content (AvgIpc) is 2.78. The first kappa shape index (κ1) is 13.2. The third-order valence-electron chi connectivity index (χ3n) is 2.43. The van der Waals surface area contributed by atoms with Crippen LogP contribution in [0.3, 0.4) is 0 Å². The molecule has 0 bridgehead atoms. The second-order valence-corrected chi connectivity index (χ2v) is 5.25. The summed E-state index contributed by atoms with van der Waals surface area (Å²) in [5.41, 5.74) is 6.86. The third kappa shape index (κ3) is 3.16. The van der Waals surface area contributed by atoms with Crippen molar-refractivity contribution in [3.63, 3.8) is 0 Å². The number of nitrogens with zero attached hydrogens (tertiary/aromatic N) is 3. The first-order valence-corrected chi connectivity index (χ1v) is 6.35. The summed E-state index contributed by atoms with van der Waals surface area (Å²) in [6.07, 6.45) is 0. The van der Waals surface area contributed by atoms with Crippen molar-refractivity contribution in [2.45, 2.75) is 6.04 Å². The number of halogens is 1. The van der Waals surface area contributed by atoms with Crippen LogP contribution in [0.4, 0.5) is 0 Å². The summed E-state index contributed by atoms with van der Waals surface area (Å²) >= 11 is 3.38. The molecule has 0 aliphatic heterocycles. The van der Waals surface area contributed by atoms with Crippen LogP contribution < -0.4 is 5.73 Å². The molecule has 2 aromatic rings. The molecule has 0 aliphatic rings. The molecule has 0 amide bonds. The maximum atomic E-state index is 5.98. The van der Waals surface area contributed by atoms with Crippen molar-refractivity contribution in [2.24, 2.45) is 5.73 Å². The van der Waals surface area contributed by atoms with Gasteiger partial charge in [0.15, 0.2) is 5.82 Å². The Morgan fingerprint density at radius 1 is 1.33 bits per heavy atom. The lowest BCUT2D eigenvalue weighted by Gasteiger charge is -2.12. The van der Waals surface area contributed by atoms with Crippen molar-refractivity contribution in [3.05, 3.63) is 34.6 Å². The minimum absolute atomic E-state index is 0.243. The molecule has 0 aliphatic carbocycles.